The molecule has 16 heavy (non-hydrogen) atoms. The van der Waals surface area contributed by atoms with Gasteiger partial charge in [-0.15, -0.1) is 0 Å². The molecular weight excluding hydrogens is 204 g/mol. The van der Waals surface area contributed by atoms with E-state index in [1.54, 1.807) is 30.5 Å². The highest BCUT2D eigenvalue weighted by atomic mass is 16.5. The van der Waals surface area contributed by atoms with Gasteiger partial charge in [0, 0.05) is 39.7 Å². The average molecular weight is 220 g/mol. The molecule has 1 aromatic rings. The number of aromatic nitrogens is 1. The van der Waals surface area contributed by atoms with E-state index in [4.69, 9.17) is 4.74 Å². The molecule has 4 heteroatoms. The third-order valence-corrected chi connectivity index (χ3v) is 1.91. The van der Waals surface area contributed by atoms with Gasteiger partial charge in [0.25, 0.3) is 0 Å². The van der Waals surface area contributed by atoms with Crippen LogP contribution in [0.3, 0.4) is 0 Å². The number of ether oxygens (including phenoxy) is 1. The van der Waals surface area contributed by atoms with Gasteiger partial charge in [-0.05, 0) is 17.7 Å². The third-order valence-electron chi connectivity index (χ3n) is 1.91. The first-order valence-electron chi connectivity index (χ1n) is 4.96. The number of hydrogen-bond donors (Lipinski definition) is 0. The SMILES string of the molecule is COCc1ccnc(C(=O)/C=C/N(C)C)c1. The largest absolute Gasteiger partial charge is 0.383 e. The third kappa shape index (κ3) is 3.82. The second-order valence-corrected chi connectivity index (χ2v) is 3.63. The standard InChI is InChI=1S/C12H16N2O2/c1-14(2)7-5-12(15)11-8-10(9-16-3)4-6-13-11/h4-8H,9H2,1-3H3/b7-5+. The van der Waals surface area contributed by atoms with Gasteiger partial charge in [0.1, 0.15) is 5.69 Å². The predicted octanol–water partition coefficient (Wildman–Crippen LogP) is 1.49. The summed E-state index contributed by atoms with van der Waals surface area (Å²) in [7, 11) is 5.34. The van der Waals surface area contributed by atoms with Crippen LogP contribution in [0.15, 0.2) is 30.6 Å². The van der Waals surface area contributed by atoms with E-state index in [0.29, 0.717) is 12.3 Å². The van der Waals surface area contributed by atoms with Crippen molar-refractivity contribution in [2.24, 2.45) is 0 Å². The van der Waals surface area contributed by atoms with Gasteiger partial charge >= 0.3 is 0 Å². The smallest absolute Gasteiger partial charge is 0.205 e. The van der Waals surface area contributed by atoms with Gasteiger partial charge in [-0.2, -0.15) is 0 Å². The number of ketones is 1. The molecule has 0 radical (unpaired) electrons. The summed E-state index contributed by atoms with van der Waals surface area (Å²) >= 11 is 0. The molecule has 4 nitrogen and oxygen atoms in total. The van der Waals surface area contributed by atoms with Crippen molar-refractivity contribution in [2.45, 2.75) is 6.61 Å². The van der Waals surface area contributed by atoms with Crippen LogP contribution in [0.25, 0.3) is 0 Å². The molecule has 0 amide bonds. The summed E-state index contributed by atoms with van der Waals surface area (Å²) in [6.07, 6.45) is 4.82. The number of pyridine rings is 1. The number of allylic oxidation sites excluding steroid dienone is 1. The maximum Gasteiger partial charge on any atom is 0.205 e. The fourth-order valence-corrected chi connectivity index (χ4v) is 1.17. The first-order valence-corrected chi connectivity index (χ1v) is 4.96. The van der Waals surface area contributed by atoms with Crippen LogP contribution in [-0.4, -0.2) is 36.9 Å². The van der Waals surface area contributed by atoms with Crippen molar-refractivity contribution < 1.29 is 9.53 Å². The highest BCUT2D eigenvalue weighted by Crippen LogP contribution is 2.04. The second kappa shape index (κ2) is 6.02. The topological polar surface area (TPSA) is 42.4 Å². The Morgan fingerprint density at radius 1 is 1.56 bits per heavy atom. The van der Waals surface area contributed by atoms with Gasteiger partial charge < -0.3 is 9.64 Å². The van der Waals surface area contributed by atoms with Crippen LogP contribution in [0.5, 0.6) is 0 Å². The van der Waals surface area contributed by atoms with Crippen molar-refractivity contribution in [3.63, 3.8) is 0 Å². The molecular formula is C12H16N2O2. The van der Waals surface area contributed by atoms with E-state index >= 15 is 0 Å². The molecule has 0 aliphatic rings. The summed E-state index contributed by atoms with van der Waals surface area (Å²) in [5.41, 5.74) is 1.38. The number of carbonyl (C=O) groups is 1. The fraction of sp³-hybridized carbons (Fsp3) is 0.333. The second-order valence-electron chi connectivity index (χ2n) is 3.63. The van der Waals surface area contributed by atoms with Crippen molar-refractivity contribution in [3.8, 4) is 0 Å². The monoisotopic (exact) mass is 220 g/mol. The van der Waals surface area contributed by atoms with Crippen molar-refractivity contribution in [1.82, 2.24) is 9.88 Å². The van der Waals surface area contributed by atoms with E-state index in [-0.39, 0.29) is 5.78 Å². The van der Waals surface area contributed by atoms with Gasteiger partial charge in [-0.1, -0.05) is 0 Å². The molecule has 0 aromatic carbocycles. The quantitative estimate of drug-likeness (QED) is 0.557. The van der Waals surface area contributed by atoms with Gasteiger partial charge in [0.15, 0.2) is 0 Å². The van der Waals surface area contributed by atoms with Gasteiger partial charge in [0.2, 0.25) is 5.78 Å². The molecule has 0 bridgehead atoms. The van der Waals surface area contributed by atoms with Crippen LogP contribution in [0, 0.1) is 0 Å². The summed E-state index contributed by atoms with van der Waals surface area (Å²) in [5, 5.41) is 0. The van der Waals surface area contributed by atoms with Crippen LogP contribution in [0.1, 0.15) is 16.1 Å². The van der Waals surface area contributed by atoms with E-state index in [1.807, 2.05) is 20.2 Å². The van der Waals surface area contributed by atoms with Gasteiger partial charge in [0.05, 0.1) is 6.61 Å². The van der Waals surface area contributed by atoms with Crippen LogP contribution in [0.4, 0.5) is 0 Å². The lowest BCUT2D eigenvalue weighted by molar-refractivity contribution is 0.104. The summed E-state index contributed by atoms with van der Waals surface area (Å²) in [6, 6.07) is 3.57. The van der Waals surface area contributed by atoms with Crippen molar-refractivity contribution in [3.05, 3.63) is 41.9 Å². The van der Waals surface area contributed by atoms with Gasteiger partial charge in [-0.25, -0.2) is 0 Å². The summed E-state index contributed by atoms with van der Waals surface area (Å²) in [6.45, 7) is 0.486. The Morgan fingerprint density at radius 3 is 2.94 bits per heavy atom. The number of nitrogens with zero attached hydrogens (tertiary/aromatic N) is 2. The molecule has 0 saturated carbocycles. The minimum absolute atomic E-state index is 0.105. The molecule has 1 aromatic heterocycles. The van der Waals surface area contributed by atoms with Crippen molar-refractivity contribution in [2.75, 3.05) is 21.2 Å². The Hall–Kier alpha value is -1.68. The fourth-order valence-electron chi connectivity index (χ4n) is 1.17. The zero-order valence-corrected chi connectivity index (χ0v) is 9.80. The van der Waals surface area contributed by atoms with Gasteiger partial charge in [-0.3, -0.25) is 9.78 Å². The van der Waals surface area contributed by atoms with E-state index in [2.05, 4.69) is 4.98 Å². The van der Waals surface area contributed by atoms with E-state index in [9.17, 15) is 4.79 Å². The molecule has 0 unspecified atom stereocenters. The molecule has 0 N–H and O–H groups in total. The van der Waals surface area contributed by atoms with Crippen LogP contribution >= 0.6 is 0 Å². The zero-order chi connectivity index (χ0) is 12.0. The normalized spacial score (nSPS) is 10.7. The maximum absolute atomic E-state index is 11.7. The molecule has 0 aliphatic carbocycles. The van der Waals surface area contributed by atoms with Crippen molar-refractivity contribution in [1.29, 1.82) is 0 Å². The maximum atomic E-state index is 11.7. The van der Waals surface area contributed by atoms with E-state index in [1.165, 1.54) is 6.08 Å². The molecule has 0 aliphatic heterocycles. The minimum Gasteiger partial charge on any atom is -0.383 e. The summed E-state index contributed by atoms with van der Waals surface area (Å²) in [4.78, 5) is 17.5. The highest BCUT2D eigenvalue weighted by molar-refractivity contribution is 6.02. The number of hydrogen-bond acceptors (Lipinski definition) is 4. The molecule has 1 heterocycles. The number of carbonyl (C=O) groups excluding carboxylic acids is 1. The molecule has 86 valence electrons. The van der Waals surface area contributed by atoms with Crippen LogP contribution < -0.4 is 0 Å². The average Bonchev–Trinajstić information content (AvgIpc) is 2.26. The Labute approximate surface area is 95.6 Å². The number of methoxy groups -OCH3 is 1. The Bertz CT molecular complexity index is 386. The van der Waals surface area contributed by atoms with E-state index < -0.39 is 0 Å². The lowest BCUT2D eigenvalue weighted by Crippen LogP contribution is -2.04. The Balaban J connectivity index is 2.79. The molecule has 0 saturated heterocycles. The van der Waals surface area contributed by atoms with Crippen LogP contribution in [0.2, 0.25) is 0 Å². The summed E-state index contributed by atoms with van der Waals surface area (Å²) < 4.78 is 5.00. The first-order chi connectivity index (χ1) is 7.63. The van der Waals surface area contributed by atoms with Crippen molar-refractivity contribution >= 4 is 5.78 Å². The molecule has 1 rings (SSSR count). The van der Waals surface area contributed by atoms with Crippen LogP contribution in [-0.2, 0) is 11.3 Å². The molecule has 0 atom stereocenters. The summed E-state index contributed by atoms with van der Waals surface area (Å²) in [5.74, 6) is -0.105. The lowest BCUT2D eigenvalue weighted by Gasteiger charge is -2.03. The Kier molecular flexibility index (Phi) is 4.66. The lowest BCUT2D eigenvalue weighted by atomic mass is 10.2. The van der Waals surface area contributed by atoms with E-state index in [0.717, 1.165) is 5.56 Å². The predicted molar refractivity (Wildman–Crippen MR) is 62.1 cm³/mol. The zero-order valence-electron chi connectivity index (χ0n) is 9.80. The first kappa shape index (κ1) is 12.4. The Morgan fingerprint density at radius 2 is 2.31 bits per heavy atom. The molecule has 0 fully saturated rings. The molecule has 0 spiro atoms. The number of rotatable bonds is 5. The minimum atomic E-state index is -0.105. The highest BCUT2D eigenvalue weighted by Gasteiger charge is 2.04.